The lowest BCUT2D eigenvalue weighted by molar-refractivity contribution is -0.294. The van der Waals surface area contributed by atoms with Crippen LogP contribution in [0.5, 0.6) is 0 Å². The summed E-state index contributed by atoms with van der Waals surface area (Å²) in [6.45, 7) is -0.440. The van der Waals surface area contributed by atoms with Crippen molar-refractivity contribution in [3.8, 4) is 0 Å². The van der Waals surface area contributed by atoms with E-state index in [9.17, 15) is 15.3 Å². The van der Waals surface area contributed by atoms with Crippen molar-refractivity contribution < 1.29 is 29.9 Å². The van der Waals surface area contributed by atoms with Crippen LogP contribution in [-0.2, 0) is 9.47 Å². The van der Waals surface area contributed by atoms with Gasteiger partial charge in [-0.2, -0.15) is 0 Å². The average Bonchev–Trinajstić information content (AvgIpc) is 2.15. The van der Waals surface area contributed by atoms with Crippen molar-refractivity contribution in [3.63, 3.8) is 0 Å². The van der Waals surface area contributed by atoms with Gasteiger partial charge in [-0.1, -0.05) is 0 Å². The SMILES string of the molecule is CO[C@H]1O[C@H](CO)[C@H](O)[C@@H](O)[C@@H]1O. The fourth-order valence-electron chi connectivity index (χ4n) is 1.26. The summed E-state index contributed by atoms with van der Waals surface area (Å²) in [5.41, 5.74) is 0. The van der Waals surface area contributed by atoms with E-state index in [4.69, 9.17) is 14.6 Å². The lowest BCUT2D eigenvalue weighted by atomic mass is 9.99. The summed E-state index contributed by atoms with van der Waals surface area (Å²) in [7, 11) is 1.30. The van der Waals surface area contributed by atoms with E-state index in [1.807, 2.05) is 0 Å². The first-order valence-corrected chi connectivity index (χ1v) is 3.95. The number of aliphatic hydroxyl groups is 4. The Kier molecular flexibility index (Phi) is 3.60. The zero-order valence-corrected chi connectivity index (χ0v) is 7.20. The number of aliphatic hydroxyl groups excluding tert-OH is 4. The minimum absolute atomic E-state index is 0.440. The molecule has 1 fully saturated rings. The molecule has 0 radical (unpaired) electrons. The molecule has 0 aromatic carbocycles. The molecule has 1 heterocycles. The van der Waals surface area contributed by atoms with Gasteiger partial charge in [-0.15, -0.1) is 0 Å². The minimum atomic E-state index is -1.36. The van der Waals surface area contributed by atoms with Gasteiger partial charge in [0.05, 0.1) is 6.61 Å². The molecular weight excluding hydrogens is 180 g/mol. The third kappa shape index (κ3) is 1.98. The second-order valence-corrected chi connectivity index (χ2v) is 2.93. The molecule has 0 spiro atoms. The standard InChI is InChI=1S/C7H14O6/c1-12-7-6(11)5(10)4(9)3(2-8)13-7/h3-11H,2H2,1H3/t3-,4+,5-,6+,7+/m1/s1. The van der Waals surface area contributed by atoms with E-state index in [0.717, 1.165) is 0 Å². The lowest BCUT2D eigenvalue weighted by Gasteiger charge is -2.38. The average molecular weight is 194 g/mol. The van der Waals surface area contributed by atoms with Crippen molar-refractivity contribution in [2.45, 2.75) is 30.7 Å². The van der Waals surface area contributed by atoms with Crippen LogP contribution in [0, 0.1) is 0 Å². The maximum Gasteiger partial charge on any atom is 0.186 e. The van der Waals surface area contributed by atoms with Gasteiger partial charge in [0.2, 0.25) is 0 Å². The molecule has 0 unspecified atom stereocenters. The number of hydrogen-bond donors (Lipinski definition) is 4. The Hall–Kier alpha value is -0.240. The van der Waals surface area contributed by atoms with Crippen LogP contribution >= 0.6 is 0 Å². The van der Waals surface area contributed by atoms with Gasteiger partial charge in [0.15, 0.2) is 6.29 Å². The maximum absolute atomic E-state index is 9.28. The van der Waals surface area contributed by atoms with E-state index in [1.54, 1.807) is 0 Å². The molecule has 6 nitrogen and oxygen atoms in total. The summed E-state index contributed by atoms with van der Waals surface area (Å²) >= 11 is 0. The maximum atomic E-state index is 9.28. The van der Waals surface area contributed by atoms with Gasteiger partial charge >= 0.3 is 0 Å². The largest absolute Gasteiger partial charge is 0.394 e. The van der Waals surface area contributed by atoms with E-state index in [1.165, 1.54) is 7.11 Å². The molecule has 0 bridgehead atoms. The zero-order valence-electron chi connectivity index (χ0n) is 7.20. The predicted octanol–water partition coefficient (Wildman–Crippen LogP) is -2.57. The molecule has 0 saturated carbocycles. The Balaban J connectivity index is 2.66. The van der Waals surface area contributed by atoms with Gasteiger partial charge < -0.3 is 29.9 Å². The quantitative estimate of drug-likeness (QED) is 0.386. The van der Waals surface area contributed by atoms with Crippen LogP contribution < -0.4 is 0 Å². The van der Waals surface area contributed by atoms with Gasteiger partial charge in [-0.05, 0) is 0 Å². The molecule has 0 amide bonds. The predicted molar refractivity (Wildman–Crippen MR) is 40.8 cm³/mol. The summed E-state index contributed by atoms with van der Waals surface area (Å²) in [4.78, 5) is 0. The van der Waals surface area contributed by atoms with Crippen molar-refractivity contribution in [1.82, 2.24) is 0 Å². The Bertz CT molecular complexity index is 143. The van der Waals surface area contributed by atoms with Crippen LogP contribution in [0.25, 0.3) is 0 Å². The third-order valence-electron chi connectivity index (χ3n) is 2.08. The van der Waals surface area contributed by atoms with Crippen LogP contribution in [0.3, 0.4) is 0 Å². The van der Waals surface area contributed by atoms with Crippen LogP contribution in [0.15, 0.2) is 0 Å². The monoisotopic (exact) mass is 194 g/mol. The second-order valence-electron chi connectivity index (χ2n) is 2.93. The molecule has 0 aromatic heterocycles. The smallest absolute Gasteiger partial charge is 0.186 e. The van der Waals surface area contributed by atoms with Crippen molar-refractivity contribution in [2.24, 2.45) is 0 Å². The molecule has 1 saturated heterocycles. The third-order valence-corrected chi connectivity index (χ3v) is 2.08. The number of rotatable bonds is 2. The molecule has 1 aliphatic rings. The highest BCUT2D eigenvalue weighted by atomic mass is 16.7. The van der Waals surface area contributed by atoms with Crippen LogP contribution in [0.4, 0.5) is 0 Å². The minimum Gasteiger partial charge on any atom is -0.394 e. The highest BCUT2D eigenvalue weighted by Crippen LogP contribution is 2.20. The summed E-state index contributed by atoms with van der Waals surface area (Å²) < 4.78 is 9.65. The Morgan fingerprint density at radius 3 is 2.23 bits per heavy atom. The highest BCUT2D eigenvalue weighted by molar-refractivity contribution is 4.88. The molecular formula is C7H14O6. The highest BCUT2D eigenvalue weighted by Gasteiger charge is 2.43. The first-order chi connectivity index (χ1) is 6.11. The van der Waals surface area contributed by atoms with Crippen LogP contribution in [0.1, 0.15) is 0 Å². The zero-order chi connectivity index (χ0) is 10.0. The van der Waals surface area contributed by atoms with Gasteiger partial charge in [0.1, 0.15) is 24.4 Å². The van der Waals surface area contributed by atoms with Gasteiger partial charge in [-0.25, -0.2) is 0 Å². The fraction of sp³-hybridized carbons (Fsp3) is 1.00. The number of hydrogen-bond acceptors (Lipinski definition) is 6. The van der Waals surface area contributed by atoms with Crippen molar-refractivity contribution in [3.05, 3.63) is 0 Å². The fourth-order valence-corrected chi connectivity index (χ4v) is 1.26. The first-order valence-electron chi connectivity index (χ1n) is 3.95. The normalized spacial score (nSPS) is 46.4. The summed E-state index contributed by atoms with van der Waals surface area (Å²) in [6, 6.07) is 0. The molecule has 1 aliphatic heterocycles. The van der Waals surface area contributed by atoms with Gasteiger partial charge in [-0.3, -0.25) is 0 Å². The summed E-state index contributed by atoms with van der Waals surface area (Å²) in [5.74, 6) is 0. The van der Waals surface area contributed by atoms with Crippen molar-refractivity contribution >= 4 is 0 Å². The molecule has 13 heavy (non-hydrogen) atoms. The molecule has 0 aliphatic carbocycles. The second kappa shape index (κ2) is 4.32. The van der Waals surface area contributed by atoms with E-state index in [0.29, 0.717) is 0 Å². The van der Waals surface area contributed by atoms with E-state index >= 15 is 0 Å². The Morgan fingerprint density at radius 2 is 1.77 bits per heavy atom. The molecule has 1 rings (SSSR count). The number of ether oxygens (including phenoxy) is 2. The van der Waals surface area contributed by atoms with E-state index in [-0.39, 0.29) is 0 Å². The topological polar surface area (TPSA) is 99.4 Å². The number of methoxy groups -OCH3 is 1. The van der Waals surface area contributed by atoms with E-state index in [2.05, 4.69) is 0 Å². The molecule has 5 atom stereocenters. The summed E-state index contributed by atoms with van der Waals surface area (Å²) in [6.07, 6.45) is -5.91. The molecule has 0 aromatic rings. The van der Waals surface area contributed by atoms with Crippen LogP contribution in [-0.4, -0.2) is 64.8 Å². The van der Waals surface area contributed by atoms with Crippen molar-refractivity contribution in [2.75, 3.05) is 13.7 Å². The molecule has 6 heteroatoms. The van der Waals surface area contributed by atoms with E-state index < -0.39 is 37.3 Å². The first kappa shape index (κ1) is 10.8. The summed E-state index contributed by atoms with van der Waals surface area (Å²) in [5, 5.41) is 36.6. The lowest BCUT2D eigenvalue weighted by Crippen LogP contribution is -2.58. The van der Waals surface area contributed by atoms with Gasteiger partial charge in [0, 0.05) is 7.11 Å². The Labute approximate surface area is 75.3 Å². The Morgan fingerprint density at radius 1 is 1.15 bits per heavy atom. The van der Waals surface area contributed by atoms with Crippen molar-refractivity contribution in [1.29, 1.82) is 0 Å². The molecule has 78 valence electrons. The van der Waals surface area contributed by atoms with Gasteiger partial charge in [0.25, 0.3) is 0 Å². The van der Waals surface area contributed by atoms with Crippen LogP contribution in [0.2, 0.25) is 0 Å². The molecule has 4 N–H and O–H groups in total.